The summed E-state index contributed by atoms with van der Waals surface area (Å²) in [6.07, 6.45) is 7.64. The molecule has 2 fully saturated rings. The monoisotopic (exact) mass is 384 g/mol. The second-order valence-corrected chi connectivity index (χ2v) is 8.77. The van der Waals surface area contributed by atoms with E-state index in [1.165, 1.54) is 54.0 Å². The molecule has 5 heteroatoms. The molecule has 4 rings (SSSR count). The van der Waals surface area contributed by atoms with Crippen molar-refractivity contribution in [2.45, 2.75) is 44.6 Å². The van der Waals surface area contributed by atoms with E-state index in [0.29, 0.717) is 12.6 Å². The van der Waals surface area contributed by atoms with Gasteiger partial charge in [0, 0.05) is 37.3 Å². The van der Waals surface area contributed by atoms with Gasteiger partial charge in [0.1, 0.15) is 6.04 Å². The molecule has 3 heterocycles. The van der Waals surface area contributed by atoms with Crippen molar-refractivity contribution in [1.82, 2.24) is 0 Å². The van der Waals surface area contributed by atoms with E-state index in [4.69, 9.17) is 0 Å². The van der Waals surface area contributed by atoms with Crippen LogP contribution in [0.25, 0.3) is 0 Å². The summed E-state index contributed by atoms with van der Waals surface area (Å²) in [5.41, 5.74) is 2.18. The summed E-state index contributed by atoms with van der Waals surface area (Å²) in [6.45, 7) is 3.93. The number of hydrogen-bond acceptors (Lipinski definition) is 3. The second-order valence-electron chi connectivity index (χ2n) is 7.79. The maximum absolute atomic E-state index is 12.6. The quantitative estimate of drug-likeness (QED) is 0.828. The van der Waals surface area contributed by atoms with Crippen LogP contribution in [-0.2, 0) is 4.79 Å². The summed E-state index contributed by atoms with van der Waals surface area (Å²) >= 11 is 1.81. The van der Waals surface area contributed by atoms with Gasteiger partial charge in [0.15, 0.2) is 6.54 Å². The van der Waals surface area contributed by atoms with Gasteiger partial charge >= 0.3 is 0 Å². The molecule has 1 aromatic heterocycles. The van der Waals surface area contributed by atoms with Crippen LogP contribution in [0, 0.1) is 0 Å². The Balaban J connectivity index is 1.32. The van der Waals surface area contributed by atoms with Crippen LogP contribution < -0.4 is 15.1 Å². The summed E-state index contributed by atoms with van der Waals surface area (Å²) in [6, 6.07) is 13.2. The number of hydrogen-bond donors (Lipinski definition) is 2. The van der Waals surface area contributed by atoms with Gasteiger partial charge in [0.25, 0.3) is 5.91 Å². The van der Waals surface area contributed by atoms with Crippen LogP contribution in [0.15, 0.2) is 41.8 Å². The molecule has 27 heavy (non-hydrogen) atoms. The Morgan fingerprint density at radius 2 is 1.85 bits per heavy atom. The Hall–Kier alpha value is -1.85. The maximum atomic E-state index is 12.6. The molecular weight excluding hydrogens is 354 g/mol. The van der Waals surface area contributed by atoms with Crippen molar-refractivity contribution in [2.24, 2.45) is 0 Å². The third kappa shape index (κ3) is 4.71. The predicted molar refractivity (Wildman–Crippen MR) is 113 cm³/mol. The molecule has 0 radical (unpaired) electrons. The van der Waals surface area contributed by atoms with E-state index in [-0.39, 0.29) is 5.91 Å². The highest BCUT2D eigenvalue weighted by atomic mass is 32.1. The third-order valence-electron chi connectivity index (χ3n) is 5.88. The van der Waals surface area contributed by atoms with Gasteiger partial charge in [-0.25, -0.2) is 0 Å². The van der Waals surface area contributed by atoms with Crippen molar-refractivity contribution in [3.8, 4) is 0 Å². The number of likely N-dealkylation sites (tertiary alicyclic amines) is 1. The highest BCUT2D eigenvalue weighted by molar-refractivity contribution is 7.10. The summed E-state index contributed by atoms with van der Waals surface area (Å²) in [7, 11) is 0. The second kappa shape index (κ2) is 8.89. The Bertz CT molecular complexity index is 721. The Morgan fingerprint density at radius 3 is 2.56 bits per heavy atom. The first kappa shape index (κ1) is 18.5. The molecule has 144 valence electrons. The molecule has 1 unspecified atom stereocenters. The van der Waals surface area contributed by atoms with Gasteiger partial charge in [-0.05, 0) is 48.6 Å². The fraction of sp³-hybridized carbons (Fsp3) is 0.500. The lowest BCUT2D eigenvalue weighted by molar-refractivity contribution is -0.910. The van der Waals surface area contributed by atoms with E-state index in [9.17, 15) is 4.79 Å². The van der Waals surface area contributed by atoms with Crippen LogP contribution in [-0.4, -0.2) is 32.1 Å². The maximum Gasteiger partial charge on any atom is 0.279 e. The fourth-order valence-corrected chi connectivity index (χ4v) is 5.37. The van der Waals surface area contributed by atoms with Crippen molar-refractivity contribution in [3.05, 3.63) is 46.7 Å². The summed E-state index contributed by atoms with van der Waals surface area (Å²) in [5, 5.41) is 5.24. The van der Waals surface area contributed by atoms with Crippen LogP contribution in [0.1, 0.15) is 49.4 Å². The lowest BCUT2D eigenvalue weighted by atomic mass is 10.2. The van der Waals surface area contributed by atoms with Crippen LogP contribution >= 0.6 is 11.3 Å². The number of rotatable bonds is 5. The third-order valence-corrected chi connectivity index (χ3v) is 6.87. The number of amides is 1. The highest BCUT2D eigenvalue weighted by Gasteiger charge is 2.32. The van der Waals surface area contributed by atoms with Crippen molar-refractivity contribution < 1.29 is 9.69 Å². The Morgan fingerprint density at radius 1 is 1.07 bits per heavy atom. The normalized spacial score (nSPS) is 23.2. The molecule has 2 aliphatic rings. The minimum absolute atomic E-state index is 0.121. The molecule has 1 amide bonds. The van der Waals surface area contributed by atoms with Crippen molar-refractivity contribution in [2.75, 3.05) is 36.4 Å². The molecular formula is C22H30N3OS+. The molecule has 1 aromatic carbocycles. The van der Waals surface area contributed by atoms with Crippen molar-refractivity contribution >= 4 is 28.6 Å². The van der Waals surface area contributed by atoms with Gasteiger partial charge in [-0.15, -0.1) is 11.3 Å². The van der Waals surface area contributed by atoms with Gasteiger partial charge in [-0.2, -0.15) is 0 Å². The van der Waals surface area contributed by atoms with E-state index in [2.05, 4.69) is 39.9 Å². The van der Waals surface area contributed by atoms with Gasteiger partial charge in [-0.1, -0.05) is 18.9 Å². The minimum Gasteiger partial charge on any atom is -0.372 e. The number of nitrogens with one attached hydrogen (secondary N) is 2. The first-order valence-electron chi connectivity index (χ1n) is 10.3. The molecule has 2 atom stereocenters. The largest absolute Gasteiger partial charge is 0.372 e. The number of carbonyl (C=O) groups is 1. The predicted octanol–water partition coefficient (Wildman–Crippen LogP) is 3.49. The zero-order valence-corrected chi connectivity index (χ0v) is 16.8. The van der Waals surface area contributed by atoms with E-state index in [0.717, 1.165) is 25.3 Å². The average Bonchev–Trinajstić information content (AvgIpc) is 3.28. The van der Waals surface area contributed by atoms with Crippen LogP contribution in [0.2, 0.25) is 0 Å². The molecule has 0 aliphatic carbocycles. The smallest absolute Gasteiger partial charge is 0.279 e. The van der Waals surface area contributed by atoms with E-state index < -0.39 is 0 Å². The van der Waals surface area contributed by atoms with Gasteiger partial charge in [0.05, 0.1) is 11.4 Å². The zero-order chi connectivity index (χ0) is 18.5. The molecule has 0 saturated carbocycles. The molecule has 0 bridgehead atoms. The highest BCUT2D eigenvalue weighted by Crippen LogP contribution is 2.24. The van der Waals surface area contributed by atoms with Gasteiger partial charge in [0.2, 0.25) is 0 Å². The van der Waals surface area contributed by atoms with E-state index in [1.54, 1.807) is 0 Å². The summed E-state index contributed by atoms with van der Waals surface area (Å²) in [5.74, 6) is 0.121. The number of quaternary nitrogens is 1. The molecule has 2 saturated heterocycles. The lowest BCUT2D eigenvalue weighted by Gasteiger charge is -2.23. The SMILES string of the molecule is O=C(C[NH+]1CCC[C@@H]1c1cccs1)Nc1ccc(N2CCCCCC2)cc1. The molecule has 4 nitrogen and oxygen atoms in total. The van der Waals surface area contributed by atoms with Gasteiger partial charge < -0.3 is 15.1 Å². The van der Waals surface area contributed by atoms with E-state index >= 15 is 0 Å². The Labute approximate surface area is 166 Å². The topological polar surface area (TPSA) is 36.8 Å². The average molecular weight is 385 g/mol. The zero-order valence-electron chi connectivity index (χ0n) is 16.0. The van der Waals surface area contributed by atoms with Crippen LogP contribution in [0.5, 0.6) is 0 Å². The van der Waals surface area contributed by atoms with Crippen LogP contribution in [0.3, 0.4) is 0 Å². The fourth-order valence-electron chi connectivity index (χ4n) is 4.45. The van der Waals surface area contributed by atoms with Crippen LogP contribution in [0.4, 0.5) is 11.4 Å². The molecule has 2 N–H and O–H groups in total. The first-order valence-corrected chi connectivity index (χ1v) is 11.2. The van der Waals surface area contributed by atoms with Crippen molar-refractivity contribution in [3.63, 3.8) is 0 Å². The number of carbonyl (C=O) groups excluding carboxylic acids is 1. The standard InChI is InChI=1S/C22H29N3OS/c26-22(17-25-15-5-7-20(25)21-8-6-16-27-21)23-18-9-11-19(12-10-18)24-13-3-1-2-4-14-24/h6,8-12,16,20H,1-5,7,13-15,17H2,(H,23,26)/p+1/t20-/m1/s1. The first-order chi connectivity index (χ1) is 13.3. The van der Waals surface area contributed by atoms with Crippen molar-refractivity contribution in [1.29, 1.82) is 0 Å². The number of nitrogens with zero attached hydrogens (tertiary/aromatic N) is 1. The minimum atomic E-state index is 0.121. The number of benzene rings is 1. The van der Waals surface area contributed by atoms with Gasteiger partial charge in [-0.3, -0.25) is 4.79 Å². The molecule has 0 spiro atoms. The number of anilines is 2. The lowest BCUT2D eigenvalue weighted by Crippen LogP contribution is -3.11. The molecule has 2 aliphatic heterocycles. The number of thiophene rings is 1. The summed E-state index contributed by atoms with van der Waals surface area (Å²) < 4.78 is 0. The Kier molecular flexibility index (Phi) is 6.10. The van der Waals surface area contributed by atoms with E-state index in [1.807, 2.05) is 23.5 Å². The summed E-state index contributed by atoms with van der Waals surface area (Å²) in [4.78, 5) is 17.9. The molecule has 2 aromatic rings.